The molecule has 0 fully saturated rings. The number of rotatable bonds is 4. The zero-order valence-corrected chi connectivity index (χ0v) is 9.01. The Morgan fingerprint density at radius 3 is 2.60 bits per heavy atom. The molecule has 0 bridgehead atoms. The van der Waals surface area contributed by atoms with Crippen LogP contribution in [0, 0.1) is 0 Å². The molecular formula is C10H12ClF2NO. The lowest BCUT2D eigenvalue weighted by Gasteiger charge is -2.19. The van der Waals surface area contributed by atoms with Gasteiger partial charge in [0.15, 0.2) is 0 Å². The first kappa shape index (κ1) is 12.2. The van der Waals surface area contributed by atoms with Crippen LogP contribution in [0.1, 0.15) is 5.56 Å². The monoisotopic (exact) mass is 235 g/mol. The van der Waals surface area contributed by atoms with Gasteiger partial charge >= 0.3 is 0 Å². The number of aliphatic hydroxyl groups is 1. The number of benzene rings is 1. The molecule has 1 aromatic rings. The normalized spacial score (nSPS) is 10.8. The molecule has 0 aliphatic heterocycles. The molecule has 0 aromatic heterocycles. The SMILES string of the molecule is CN(CC(F)F)c1ccc(CO)c(Cl)c1. The Morgan fingerprint density at radius 1 is 1.47 bits per heavy atom. The quantitative estimate of drug-likeness (QED) is 0.867. The molecule has 0 heterocycles. The van der Waals surface area contributed by atoms with Crippen LogP contribution in [0.5, 0.6) is 0 Å². The van der Waals surface area contributed by atoms with Gasteiger partial charge in [-0.25, -0.2) is 8.78 Å². The summed E-state index contributed by atoms with van der Waals surface area (Å²) in [6.07, 6.45) is -2.38. The first-order valence-corrected chi connectivity index (χ1v) is 4.81. The molecule has 84 valence electrons. The summed E-state index contributed by atoms with van der Waals surface area (Å²) in [5, 5.41) is 9.26. The second-order valence-electron chi connectivity index (χ2n) is 3.21. The molecule has 0 saturated carbocycles. The smallest absolute Gasteiger partial charge is 0.255 e. The molecule has 0 spiro atoms. The fourth-order valence-electron chi connectivity index (χ4n) is 1.21. The third-order valence-electron chi connectivity index (χ3n) is 2.06. The number of anilines is 1. The van der Waals surface area contributed by atoms with Crippen LogP contribution >= 0.6 is 11.6 Å². The second-order valence-corrected chi connectivity index (χ2v) is 3.61. The van der Waals surface area contributed by atoms with Crippen LogP contribution in [0.25, 0.3) is 0 Å². The average molecular weight is 236 g/mol. The van der Waals surface area contributed by atoms with Crippen molar-refractivity contribution >= 4 is 17.3 Å². The first-order chi connectivity index (χ1) is 7.04. The Bertz CT molecular complexity index is 333. The lowest BCUT2D eigenvalue weighted by atomic mass is 10.2. The molecule has 2 nitrogen and oxygen atoms in total. The molecule has 0 saturated heterocycles. The van der Waals surface area contributed by atoms with Crippen molar-refractivity contribution in [3.63, 3.8) is 0 Å². The van der Waals surface area contributed by atoms with Gasteiger partial charge in [0, 0.05) is 17.8 Å². The van der Waals surface area contributed by atoms with E-state index in [1.54, 1.807) is 25.2 Å². The highest BCUT2D eigenvalue weighted by Gasteiger charge is 2.09. The van der Waals surface area contributed by atoms with Gasteiger partial charge in [0.1, 0.15) is 0 Å². The maximum Gasteiger partial charge on any atom is 0.255 e. The van der Waals surface area contributed by atoms with Crippen LogP contribution in [-0.2, 0) is 6.61 Å². The van der Waals surface area contributed by atoms with Gasteiger partial charge < -0.3 is 10.0 Å². The minimum Gasteiger partial charge on any atom is -0.392 e. The second kappa shape index (κ2) is 5.28. The molecule has 0 radical (unpaired) electrons. The van der Waals surface area contributed by atoms with Gasteiger partial charge in [0.25, 0.3) is 6.43 Å². The lowest BCUT2D eigenvalue weighted by molar-refractivity contribution is 0.156. The summed E-state index contributed by atoms with van der Waals surface area (Å²) >= 11 is 5.84. The molecule has 1 N–H and O–H groups in total. The van der Waals surface area contributed by atoms with Crippen molar-refractivity contribution in [1.29, 1.82) is 0 Å². The molecule has 0 aliphatic carbocycles. The number of aliphatic hydroxyl groups excluding tert-OH is 1. The van der Waals surface area contributed by atoms with Crippen LogP contribution in [0.15, 0.2) is 18.2 Å². The fourth-order valence-corrected chi connectivity index (χ4v) is 1.45. The number of halogens is 3. The lowest BCUT2D eigenvalue weighted by Crippen LogP contribution is -2.23. The van der Waals surface area contributed by atoms with E-state index in [0.717, 1.165) is 0 Å². The zero-order valence-electron chi connectivity index (χ0n) is 8.25. The molecule has 0 unspecified atom stereocenters. The van der Waals surface area contributed by atoms with E-state index in [4.69, 9.17) is 16.7 Å². The minimum atomic E-state index is -2.38. The van der Waals surface area contributed by atoms with E-state index in [1.807, 2.05) is 0 Å². The summed E-state index contributed by atoms with van der Waals surface area (Å²) in [5.41, 5.74) is 1.20. The molecule has 15 heavy (non-hydrogen) atoms. The summed E-state index contributed by atoms with van der Waals surface area (Å²) in [7, 11) is 1.57. The zero-order chi connectivity index (χ0) is 11.4. The Morgan fingerprint density at radius 2 is 2.13 bits per heavy atom. The Hall–Kier alpha value is -0.870. The van der Waals surface area contributed by atoms with E-state index in [0.29, 0.717) is 16.3 Å². The van der Waals surface area contributed by atoms with Crippen LogP contribution in [0.2, 0.25) is 5.02 Å². The summed E-state index contributed by atoms with van der Waals surface area (Å²) in [4.78, 5) is 1.41. The molecule has 1 aromatic carbocycles. The summed E-state index contributed by atoms with van der Waals surface area (Å²) < 4.78 is 24.2. The van der Waals surface area contributed by atoms with Gasteiger partial charge in [0.05, 0.1) is 13.2 Å². The van der Waals surface area contributed by atoms with E-state index in [2.05, 4.69) is 0 Å². The highest BCUT2D eigenvalue weighted by atomic mass is 35.5. The van der Waals surface area contributed by atoms with Crippen molar-refractivity contribution in [2.24, 2.45) is 0 Å². The third kappa shape index (κ3) is 3.32. The van der Waals surface area contributed by atoms with E-state index in [9.17, 15) is 8.78 Å². The summed E-state index contributed by atoms with van der Waals surface area (Å²) in [5.74, 6) is 0. The van der Waals surface area contributed by atoms with Gasteiger partial charge in [-0.3, -0.25) is 0 Å². The van der Waals surface area contributed by atoms with E-state index < -0.39 is 6.43 Å². The first-order valence-electron chi connectivity index (χ1n) is 4.43. The Labute approximate surface area is 92.1 Å². The van der Waals surface area contributed by atoms with Gasteiger partial charge in [-0.05, 0) is 17.7 Å². The van der Waals surface area contributed by atoms with Crippen molar-refractivity contribution in [3.05, 3.63) is 28.8 Å². The highest BCUT2D eigenvalue weighted by molar-refractivity contribution is 6.31. The molecule has 5 heteroatoms. The summed E-state index contributed by atoms with van der Waals surface area (Å²) in [6, 6.07) is 4.84. The Kier molecular flexibility index (Phi) is 4.29. The molecule has 0 atom stereocenters. The predicted octanol–water partition coefficient (Wildman–Crippen LogP) is 2.53. The topological polar surface area (TPSA) is 23.5 Å². The van der Waals surface area contributed by atoms with E-state index in [-0.39, 0.29) is 13.2 Å². The van der Waals surface area contributed by atoms with Crippen LogP contribution in [-0.4, -0.2) is 25.1 Å². The Balaban J connectivity index is 2.82. The molecule has 0 amide bonds. The number of nitrogens with zero attached hydrogens (tertiary/aromatic N) is 1. The average Bonchev–Trinajstić information content (AvgIpc) is 2.16. The van der Waals surface area contributed by atoms with Crippen molar-refractivity contribution in [2.45, 2.75) is 13.0 Å². The fraction of sp³-hybridized carbons (Fsp3) is 0.400. The van der Waals surface area contributed by atoms with Gasteiger partial charge in [-0.1, -0.05) is 17.7 Å². The van der Waals surface area contributed by atoms with Gasteiger partial charge in [-0.2, -0.15) is 0 Å². The van der Waals surface area contributed by atoms with Crippen molar-refractivity contribution in [3.8, 4) is 0 Å². The number of hydrogen-bond acceptors (Lipinski definition) is 2. The van der Waals surface area contributed by atoms with Crippen molar-refractivity contribution < 1.29 is 13.9 Å². The van der Waals surface area contributed by atoms with E-state index in [1.165, 1.54) is 4.90 Å². The highest BCUT2D eigenvalue weighted by Crippen LogP contribution is 2.23. The predicted molar refractivity (Wildman–Crippen MR) is 56.6 cm³/mol. The molecule has 1 rings (SSSR count). The maximum atomic E-state index is 12.1. The standard InChI is InChI=1S/C10H12ClF2NO/c1-14(5-10(12)13)8-3-2-7(6-15)9(11)4-8/h2-4,10,15H,5-6H2,1H3. The van der Waals surface area contributed by atoms with Gasteiger partial charge in [-0.15, -0.1) is 0 Å². The minimum absolute atomic E-state index is 0.155. The van der Waals surface area contributed by atoms with Crippen molar-refractivity contribution in [2.75, 3.05) is 18.5 Å². The maximum absolute atomic E-state index is 12.1. The number of hydrogen-bond donors (Lipinski definition) is 1. The van der Waals surface area contributed by atoms with Crippen LogP contribution in [0.3, 0.4) is 0 Å². The molecule has 0 aliphatic rings. The summed E-state index contributed by atoms with van der Waals surface area (Å²) in [6.45, 7) is -0.494. The number of alkyl halides is 2. The van der Waals surface area contributed by atoms with E-state index >= 15 is 0 Å². The van der Waals surface area contributed by atoms with Crippen LogP contribution < -0.4 is 4.90 Å². The van der Waals surface area contributed by atoms with Gasteiger partial charge in [0.2, 0.25) is 0 Å². The van der Waals surface area contributed by atoms with Crippen LogP contribution in [0.4, 0.5) is 14.5 Å². The van der Waals surface area contributed by atoms with Crippen molar-refractivity contribution in [1.82, 2.24) is 0 Å². The molecular weight excluding hydrogens is 224 g/mol. The largest absolute Gasteiger partial charge is 0.392 e. The third-order valence-corrected chi connectivity index (χ3v) is 2.41.